The zero-order chi connectivity index (χ0) is 12.3. The third-order valence-corrected chi connectivity index (χ3v) is 3.84. The molecular weight excluding hydrogens is 228 g/mol. The van der Waals surface area contributed by atoms with Gasteiger partial charge in [-0.15, -0.1) is 0 Å². The minimum atomic E-state index is 0.230. The summed E-state index contributed by atoms with van der Waals surface area (Å²) in [6.07, 6.45) is 6.07. The lowest BCUT2D eigenvalue weighted by molar-refractivity contribution is 0.0536. The van der Waals surface area contributed by atoms with E-state index in [0.717, 1.165) is 45.3 Å². The Hall–Kier alpha value is -1.20. The summed E-state index contributed by atoms with van der Waals surface area (Å²) in [5, 5.41) is 3.50. The van der Waals surface area contributed by atoms with E-state index in [2.05, 4.69) is 20.2 Å². The Morgan fingerprint density at radius 2 is 2.22 bits per heavy atom. The van der Waals surface area contributed by atoms with Gasteiger partial charge in [-0.25, -0.2) is 9.97 Å². The molecule has 0 aromatic carbocycles. The molecule has 0 radical (unpaired) electrons. The molecule has 5 heteroatoms. The molecule has 1 atom stereocenters. The number of ether oxygens (including phenoxy) is 1. The lowest BCUT2D eigenvalue weighted by Crippen LogP contribution is -2.49. The van der Waals surface area contributed by atoms with Crippen molar-refractivity contribution in [3.8, 4) is 0 Å². The zero-order valence-electron chi connectivity index (χ0n) is 10.6. The molecule has 2 aliphatic heterocycles. The minimum absolute atomic E-state index is 0.230. The van der Waals surface area contributed by atoms with Crippen molar-refractivity contribution in [1.82, 2.24) is 15.3 Å². The van der Waals surface area contributed by atoms with Crippen LogP contribution in [-0.4, -0.2) is 49.4 Å². The lowest BCUT2D eigenvalue weighted by atomic mass is 9.81. The third kappa shape index (κ3) is 2.47. The molecule has 1 aromatic heterocycles. The average Bonchev–Trinajstić information content (AvgIpc) is 2.64. The van der Waals surface area contributed by atoms with Crippen LogP contribution in [0.1, 0.15) is 12.8 Å². The number of piperidine rings is 1. The molecule has 3 rings (SSSR count). The maximum absolute atomic E-state index is 5.80. The summed E-state index contributed by atoms with van der Waals surface area (Å²) in [6.45, 7) is 5.65. The predicted molar refractivity (Wildman–Crippen MR) is 69.6 cm³/mol. The highest BCUT2D eigenvalue weighted by Gasteiger charge is 2.36. The number of nitrogens with one attached hydrogen (secondary N) is 1. The molecule has 18 heavy (non-hydrogen) atoms. The Morgan fingerprint density at radius 1 is 1.33 bits per heavy atom. The maximum Gasteiger partial charge on any atom is 0.225 e. The highest BCUT2D eigenvalue weighted by molar-refractivity contribution is 5.29. The van der Waals surface area contributed by atoms with Crippen molar-refractivity contribution < 1.29 is 4.74 Å². The van der Waals surface area contributed by atoms with E-state index < -0.39 is 0 Å². The fourth-order valence-electron chi connectivity index (χ4n) is 2.91. The van der Waals surface area contributed by atoms with Gasteiger partial charge in [0.2, 0.25) is 5.95 Å². The van der Waals surface area contributed by atoms with Crippen LogP contribution in [0.15, 0.2) is 18.5 Å². The smallest absolute Gasteiger partial charge is 0.225 e. The second-order valence-corrected chi connectivity index (χ2v) is 5.30. The van der Waals surface area contributed by atoms with Crippen LogP contribution in [0.2, 0.25) is 0 Å². The van der Waals surface area contributed by atoms with Gasteiger partial charge in [-0.2, -0.15) is 0 Å². The van der Waals surface area contributed by atoms with Gasteiger partial charge in [-0.3, -0.25) is 0 Å². The number of hydrogen-bond acceptors (Lipinski definition) is 5. The SMILES string of the molecule is c1cnc(N2CCOC[C@]3(CCCNC3)C2)nc1. The Labute approximate surface area is 108 Å². The van der Waals surface area contributed by atoms with Crippen LogP contribution in [-0.2, 0) is 4.74 Å². The number of anilines is 1. The van der Waals surface area contributed by atoms with E-state index in [1.165, 1.54) is 12.8 Å². The van der Waals surface area contributed by atoms with E-state index in [0.29, 0.717) is 0 Å². The van der Waals surface area contributed by atoms with Crippen molar-refractivity contribution in [1.29, 1.82) is 0 Å². The summed E-state index contributed by atoms with van der Waals surface area (Å²) in [6, 6.07) is 1.86. The summed E-state index contributed by atoms with van der Waals surface area (Å²) in [7, 11) is 0. The Morgan fingerprint density at radius 3 is 3.00 bits per heavy atom. The molecule has 5 nitrogen and oxygen atoms in total. The number of aromatic nitrogens is 2. The number of rotatable bonds is 1. The molecule has 1 N–H and O–H groups in total. The van der Waals surface area contributed by atoms with E-state index >= 15 is 0 Å². The molecule has 2 saturated heterocycles. The van der Waals surface area contributed by atoms with E-state index in [4.69, 9.17) is 4.74 Å². The zero-order valence-corrected chi connectivity index (χ0v) is 10.6. The van der Waals surface area contributed by atoms with Crippen LogP contribution in [0.5, 0.6) is 0 Å². The summed E-state index contributed by atoms with van der Waals surface area (Å²) >= 11 is 0. The predicted octanol–water partition coefficient (Wildman–Crippen LogP) is 0.683. The van der Waals surface area contributed by atoms with E-state index in [-0.39, 0.29) is 5.41 Å². The van der Waals surface area contributed by atoms with Gasteiger partial charge >= 0.3 is 0 Å². The second kappa shape index (κ2) is 5.20. The molecule has 2 fully saturated rings. The molecule has 0 bridgehead atoms. The van der Waals surface area contributed by atoms with Gasteiger partial charge in [0.25, 0.3) is 0 Å². The molecule has 98 valence electrons. The standard InChI is InChI=1S/C13H20N4O/c1-3-13(9-14-4-1)10-17(7-8-18-11-13)12-15-5-2-6-16-12/h2,5-6,14H,1,3-4,7-11H2/t13-/m0/s1. The molecule has 1 aromatic rings. The first-order chi connectivity index (χ1) is 8.88. The molecule has 0 amide bonds. The topological polar surface area (TPSA) is 50.3 Å². The van der Waals surface area contributed by atoms with Gasteiger partial charge in [0.1, 0.15) is 0 Å². The van der Waals surface area contributed by atoms with Crippen LogP contribution in [0.4, 0.5) is 5.95 Å². The Balaban J connectivity index is 1.78. The van der Waals surface area contributed by atoms with Gasteiger partial charge in [0.15, 0.2) is 0 Å². The first-order valence-corrected chi connectivity index (χ1v) is 6.69. The number of nitrogens with zero attached hydrogens (tertiary/aromatic N) is 3. The normalized spacial score (nSPS) is 29.2. The van der Waals surface area contributed by atoms with Gasteiger partial charge < -0.3 is 15.0 Å². The minimum Gasteiger partial charge on any atom is -0.379 e. The molecule has 3 heterocycles. The van der Waals surface area contributed by atoms with Gasteiger partial charge in [-0.1, -0.05) is 0 Å². The van der Waals surface area contributed by atoms with Crippen molar-refractivity contribution in [2.24, 2.45) is 5.41 Å². The summed E-state index contributed by atoms with van der Waals surface area (Å²) < 4.78 is 5.80. The van der Waals surface area contributed by atoms with Crippen LogP contribution in [0.25, 0.3) is 0 Å². The summed E-state index contributed by atoms with van der Waals surface area (Å²) in [5.41, 5.74) is 0.230. The third-order valence-electron chi connectivity index (χ3n) is 3.84. The molecule has 0 unspecified atom stereocenters. The van der Waals surface area contributed by atoms with E-state index in [1.54, 1.807) is 12.4 Å². The van der Waals surface area contributed by atoms with Crippen molar-refractivity contribution in [3.05, 3.63) is 18.5 Å². The maximum atomic E-state index is 5.80. The second-order valence-electron chi connectivity index (χ2n) is 5.30. The highest BCUT2D eigenvalue weighted by atomic mass is 16.5. The van der Waals surface area contributed by atoms with Crippen LogP contribution < -0.4 is 10.2 Å². The first kappa shape index (κ1) is 11.9. The average molecular weight is 248 g/mol. The number of hydrogen-bond donors (Lipinski definition) is 1. The summed E-state index contributed by atoms with van der Waals surface area (Å²) in [4.78, 5) is 11.0. The van der Waals surface area contributed by atoms with Gasteiger partial charge in [0.05, 0.1) is 13.2 Å². The Kier molecular flexibility index (Phi) is 3.43. The fourth-order valence-corrected chi connectivity index (χ4v) is 2.91. The molecule has 2 aliphatic rings. The summed E-state index contributed by atoms with van der Waals surface area (Å²) in [5.74, 6) is 0.827. The van der Waals surface area contributed by atoms with Crippen LogP contribution in [0.3, 0.4) is 0 Å². The van der Waals surface area contributed by atoms with Crippen LogP contribution >= 0.6 is 0 Å². The molecule has 1 spiro atoms. The molecule has 0 saturated carbocycles. The fraction of sp³-hybridized carbons (Fsp3) is 0.692. The highest BCUT2D eigenvalue weighted by Crippen LogP contribution is 2.30. The van der Waals surface area contributed by atoms with Gasteiger partial charge in [0, 0.05) is 37.4 Å². The van der Waals surface area contributed by atoms with Crippen LogP contribution in [0, 0.1) is 5.41 Å². The largest absolute Gasteiger partial charge is 0.379 e. The lowest BCUT2D eigenvalue weighted by Gasteiger charge is -2.38. The Bertz CT molecular complexity index is 378. The first-order valence-electron chi connectivity index (χ1n) is 6.69. The van der Waals surface area contributed by atoms with Crippen molar-refractivity contribution in [3.63, 3.8) is 0 Å². The van der Waals surface area contributed by atoms with E-state index in [9.17, 15) is 0 Å². The van der Waals surface area contributed by atoms with Crippen molar-refractivity contribution in [2.45, 2.75) is 12.8 Å². The molecule has 0 aliphatic carbocycles. The van der Waals surface area contributed by atoms with Crippen molar-refractivity contribution in [2.75, 3.05) is 44.3 Å². The quantitative estimate of drug-likeness (QED) is 0.792. The van der Waals surface area contributed by atoms with Gasteiger partial charge in [-0.05, 0) is 25.5 Å². The monoisotopic (exact) mass is 248 g/mol. The van der Waals surface area contributed by atoms with E-state index in [1.807, 2.05) is 6.07 Å². The van der Waals surface area contributed by atoms with Crippen molar-refractivity contribution >= 4 is 5.95 Å². The molecular formula is C13H20N4O.